The average molecular weight is 230 g/mol. The molecule has 88 valence electrons. The fourth-order valence-electron chi connectivity index (χ4n) is 1.64. The lowest BCUT2D eigenvalue weighted by molar-refractivity contribution is -0.151. The van der Waals surface area contributed by atoms with Crippen molar-refractivity contribution in [3.8, 4) is 0 Å². The van der Waals surface area contributed by atoms with Gasteiger partial charge in [-0.05, 0) is 37.5 Å². The standard InChI is InChI=1S/C11H13F3N2/c1-7-2-3-8(15)6-9(7)16-10(4-5-10)11(12,13)14/h2-3,6,16H,4-5,15H2,1H3. The van der Waals surface area contributed by atoms with Crippen LogP contribution in [-0.4, -0.2) is 11.7 Å². The molecule has 0 unspecified atom stereocenters. The molecule has 0 amide bonds. The zero-order valence-electron chi connectivity index (χ0n) is 8.86. The number of nitrogens with two attached hydrogens (primary N) is 1. The van der Waals surface area contributed by atoms with Crippen LogP contribution < -0.4 is 11.1 Å². The van der Waals surface area contributed by atoms with Crippen LogP contribution in [0, 0.1) is 6.92 Å². The Bertz CT molecular complexity index is 408. The first-order chi connectivity index (χ1) is 7.34. The minimum absolute atomic E-state index is 0.130. The summed E-state index contributed by atoms with van der Waals surface area (Å²) < 4.78 is 38.2. The Kier molecular flexibility index (Phi) is 2.29. The molecule has 0 radical (unpaired) electrons. The van der Waals surface area contributed by atoms with E-state index in [1.165, 1.54) is 0 Å². The van der Waals surface area contributed by atoms with E-state index in [2.05, 4.69) is 5.32 Å². The Morgan fingerprint density at radius 2 is 1.94 bits per heavy atom. The lowest BCUT2D eigenvalue weighted by Gasteiger charge is -2.23. The Balaban J connectivity index is 2.25. The van der Waals surface area contributed by atoms with Gasteiger partial charge in [0.15, 0.2) is 0 Å². The van der Waals surface area contributed by atoms with Crippen LogP contribution >= 0.6 is 0 Å². The molecule has 0 saturated heterocycles. The van der Waals surface area contributed by atoms with Crippen LogP contribution in [0.2, 0.25) is 0 Å². The average Bonchev–Trinajstić information content (AvgIpc) is 2.91. The first-order valence-corrected chi connectivity index (χ1v) is 5.05. The number of nitrogen functional groups attached to an aromatic ring is 1. The normalized spacial score (nSPS) is 18.2. The summed E-state index contributed by atoms with van der Waals surface area (Å²) in [5.74, 6) is 0. The van der Waals surface area contributed by atoms with Crippen molar-refractivity contribution in [2.45, 2.75) is 31.5 Å². The summed E-state index contributed by atoms with van der Waals surface area (Å²) in [7, 11) is 0. The maximum atomic E-state index is 12.7. The fraction of sp³-hybridized carbons (Fsp3) is 0.455. The van der Waals surface area contributed by atoms with E-state index >= 15 is 0 Å². The van der Waals surface area contributed by atoms with Gasteiger partial charge in [0.25, 0.3) is 0 Å². The molecule has 1 saturated carbocycles. The van der Waals surface area contributed by atoms with Crippen LogP contribution in [-0.2, 0) is 0 Å². The lowest BCUT2D eigenvalue weighted by atomic mass is 10.1. The van der Waals surface area contributed by atoms with Crippen LogP contribution in [0.4, 0.5) is 24.5 Å². The summed E-state index contributed by atoms with van der Waals surface area (Å²) in [5, 5.41) is 2.57. The van der Waals surface area contributed by atoms with Gasteiger partial charge in [-0.3, -0.25) is 0 Å². The number of anilines is 2. The molecule has 1 aromatic carbocycles. The second kappa shape index (κ2) is 3.30. The second-order valence-electron chi connectivity index (χ2n) is 4.28. The van der Waals surface area contributed by atoms with Gasteiger partial charge in [0.1, 0.15) is 5.54 Å². The van der Waals surface area contributed by atoms with E-state index in [0.29, 0.717) is 11.4 Å². The molecule has 2 rings (SSSR count). The molecule has 1 aliphatic carbocycles. The first-order valence-electron chi connectivity index (χ1n) is 5.05. The first kappa shape index (κ1) is 11.1. The van der Waals surface area contributed by atoms with Crippen molar-refractivity contribution in [3.05, 3.63) is 23.8 Å². The number of hydrogen-bond acceptors (Lipinski definition) is 2. The number of benzene rings is 1. The highest BCUT2D eigenvalue weighted by Gasteiger charge is 2.63. The van der Waals surface area contributed by atoms with E-state index in [4.69, 9.17) is 5.73 Å². The molecule has 0 bridgehead atoms. The van der Waals surface area contributed by atoms with Gasteiger partial charge < -0.3 is 11.1 Å². The maximum absolute atomic E-state index is 12.7. The molecule has 1 fully saturated rings. The summed E-state index contributed by atoms with van der Waals surface area (Å²) in [4.78, 5) is 0. The molecule has 0 spiro atoms. The molecule has 0 atom stereocenters. The van der Waals surface area contributed by atoms with Gasteiger partial charge in [-0.15, -0.1) is 0 Å². The van der Waals surface area contributed by atoms with Gasteiger partial charge in [0.05, 0.1) is 0 Å². The Morgan fingerprint density at radius 1 is 1.31 bits per heavy atom. The number of hydrogen-bond donors (Lipinski definition) is 2. The van der Waals surface area contributed by atoms with Gasteiger partial charge >= 0.3 is 6.18 Å². The highest BCUT2D eigenvalue weighted by Crippen LogP contribution is 2.51. The minimum atomic E-state index is -4.20. The van der Waals surface area contributed by atoms with E-state index < -0.39 is 11.7 Å². The van der Waals surface area contributed by atoms with Crippen LogP contribution in [0.5, 0.6) is 0 Å². The van der Waals surface area contributed by atoms with Crippen LogP contribution in [0.15, 0.2) is 18.2 Å². The van der Waals surface area contributed by atoms with Gasteiger partial charge in [-0.25, -0.2) is 0 Å². The molecule has 0 aliphatic heterocycles. The molecular weight excluding hydrogens is 217 g/mol. The molecule has 16 heavy (non-hydrogen) atoms. The second-order valence-corrected chi connectivity index (χ2v) is 4.28. The third-order valence-electron chi connectivity index (χ3n) is 2.93. The van der Waals surface area contributed by atoms with Gasteiger partial charge in [0, 0.05) is 11.4 Å². The highest BCUT2D eigenvalue weighted by atomic mass is 19.4. The van der Waals surface area contributed by atoms with Crippen LogP contribution in [0.25, 0.3) is 0 Å². The number of alkyl halides is 3. The molecule has 2 nitrogen and oxygen atoms in total. The van der Waals surface area contributed by atoms with Gasteiger partial charge in [-0.2, -0.15) is 13.2 Å². The Morgan fingerprint density at radius 3 is 2.44 bits per heavy atom. The van der Waals surface area contributed by atoms with Crippen LogP contribution in [0.1, 0.15) is 18.4 Å². The van der Waals surface area contributed by atoms with Gasteiger partial charge in [0.2, 0.25) is 0 Å². The third kappa shape index (κ3) is 1.81. The van der Waals surface area contributed by atoms with E-state index in [0.717, 1.165) is 5.56 Å². The zero-order valence-corrected chi connectivity index (χ0v) is 8.86. The minimum Gasteiger partial charge on any atom is -0.399 e. The molecule has 3 N–H and O–H groups in total. The summed E-state index contributed by atoms with van der Waals surface area (Å²) in [6.45, 7) is 1.76. The largest absolute Gasteiger partial charge is 0.411 e. The molecule has 5 heteroatoms. The predicted octanol–water partition coefficient (Wildman–Crippen LogP) is 3.08. The van der Waals surface area contributed by atoms with Crippen molar-refractivity contribution in [3.63, 3.8) is 0 Å². The Hall–Kier alpha value is -1.39. The summed E-state index contributed by atoms with van der Waals surface area (Å²) >= 11 is 0. The molecule has 1 aromatic rings. The summed E-state index contributed by atoms with van der Waals surface area (Å²) in [6, 6.07) is 4.93. The maximum Gasteiger partial charge on any atom is 0.411 e. The SMILES string of the molecule is Cc1ccc(N)cc1NC1(C(F)(F)F)CC1. The van der Waals surface area contributed by atoms with Gasteiger partial charge in [-0.1, -0.05) is 6.07 Å². The number of rotatable bonds is 2. The van der Waals surface area contributed by atoms with Crippen molar-refractivity contribution in [1.29, 1.82) is 0 Å². The summed E-state index contributed by atoms with van der Waals surface area (Å²) in [5.41, 5.74) is 5.52. The van der Waals surface area contributed by atoms with Crippen molar-refractivity contribution in [2.75, 3.05) is 11.1 Å². The highest BCUT2D eigenvalue weighted by molar-refractivity contribution is 5.61. The van der Waals surface area contributed by atoms with E-state index in [1.807, 2.05) is 0 Å². The zero-order chi connectivity index (χ0) is 12.0. The molecule has 0 heterocycles. The number of aryl methyl sites for hydroxylation is 1. The van der Waals surface area contributed by atoms with Crippen LogP contribution in [0.3, 0.4) is 0 Å². The monoisotopic (exact) mass is 230 g/mol. The number of halogens is 3. The molecule has 0 aromatic heterocycles. The van der Waals surface area contributed by atoms with Crippen molar-refractivity contribution in [2.24, 2.45) is 0 Å². The van der Waals surface area contributed by atoms with Crippen molar-refractivity contribution < 1.29 is 13.2 Å². The van der Waals surface area contributed by atoms with Crippen molar-refractivity contribution >= 4 is 11.4 Å². The molecular formula is C11H13F3N2. The van der Waals surface area contributed by atoms with E-state index in [9.17, 15) is 13.2 Å². The fourth-order valence-corrected chi connectivity index (χ4v) is 1.64. The number of nitrogens with one attached hydrogen (secondary N) is 1. The topological polar surface area (TPSA) is 38.0 Å². The third-order valence-corrected chi connectivity index (χ3v) is 2.93. The predicted molar refractivity (Wildman–Crippen MR) is 57.2 cm³/mol. The lowest BCUT2D eigenvalue weighted by Crippen LogP contribution is -2.38. The smallest absolute Gasteiger partial charge is 0.399 e. The Labute approximate surface area is 91.6 Å². The van der Waals surface area contributed by atoms with Crippen molar-refractivity contribution in [1.82, 2.24) is 0 Å². The van der Waals surface area contributed by atoms with E-state index in [1.54, 1.807) is 25.1 Å². The quantitative estimate of drug-likeness (QED) is 0.766. The summed E-state index contributed by atoms with van der Waals surface area (Å²) in [6.07, 6.45) is -3.94. The van der Waals surface area contributed by atoms with E-state index in [-0.39, 0.29) is 12.8 Å². The molecule has 1 aliphatic rings.